The number of carbonyl (C=O) groups is 1. The van der Waals surface area contributed by atoms with Crippen LogP contribution in [0.1, 0.15) is 41.9 Å². The van der Waals surface area contributed by atoms with Crippen molar-refractivity contribution in [2.24, 2.45) is 5.92 Å². The summed E-state index contributed by atoms with van der Waals surface area (Å²) in [5.41, 5.74) is 0. The normalized spacial score (nSPS) is 30.1. The van der Waals surface area contributed by atoms with Crippen molar-refractivity contribution in [2.75, 3.05) is 0 Å². The van der Waals surface area contributed by atoms with E-state index in [0.717, 1.165) is 12.3 Å². The molecule has 1 aliphatic heterocycles. The minimum absolute atomic E-state index is 0.0363. The van der Waals surface area contributed by atoms with E-state index in [1.165, 1.54) is 35.4 Å². The predicted octanol–water partition coefficient (Wildman–Crippen LogP) is 2.59. The first-order valence-electron chi connectivity index (χ1n) is 7.31. The van der Waals surface area contributed by atoms with E-state index >= 15 is 0 Å². The van der Waals surface area contributed by atoms with E-state index < -0.39 is 0 Å². The molecule has 19 heavy (non-hydrogen) atoms. The van der Waals surface area contributed by atoms with E-state index in [0.29, 0.717) is 12.6 Å². The summed E-state index contributed by atoms with van der Waals surface area (Å²) < 4.78 is 0. The summed E-state index contributed by atoms with van der Waals surface area (Å²) in [6, 6.07) is 4.83. The van der Waals surface area contributed by atoms with Crippen LogP contribution >= 0.6 is 11.3 Å². The Hall–Kier alpha value is -0.870. The van der Waals surface area contributed by atoms with E-state index in [2.05, 4.69) is 29.7 Å². The van der Waals surface area contributed by atoms with Gasteiger partial charge < -0.3 is 10.6 Å². The lowest BCUT2D eigenvalue weighted by Gasteiger charge is -2.24. The first-order valence-corrected chi connectivity index (χ1v) is 8.13. The van der Waals surface area contributed by atoms with Gasteiger partial charge in [0.25, 0.3) is 0 Å². The van der Waals surface area contributed by atoms with Gasteiger partial charge in [0.2, 0.25) is 5.91 Å². The lowest BCUT2D eigenvalue weighted by Crippen LogP contribution is -2.42. The second kappa shape index (κ2) is 5.63. The summed E-state index contributed by atoms with van der Waals surface area (Å²) in [5, 5.41) is 6.60. The summed E-state index contributed by atoms with van der Waals surface area (Å²) >= 11 is 1.76. The molecule has 4 heteroatoms. The molecule has 0 aromatic carbocycles. The predicted molar refractivity (Wildman–Crippen MR) is 78.2 cm³/mol. The Morgan fingerprint density at radius 3 is 3.00 bits per heavy atom. The Labute approximate surface area is 118 Å². The van der Waals surface area contributed by atoms with Crippen LogP contribution in [-0.4, -0.2) is 18.0 Å². The summed E-state index contributed by atoms with van der Waals surface area (Å²) in [5.74, 6) is 0.911. The van der Waals surface area contributed by atoms with Crippen LogP contribution in [-0.2, 0) is 11.3 Å². The highest BCUT2D eigenvalue weighted by molar-refractivity contribution is 7.11. The molecule has 3 rings (SSSR count). The van der Waals surface area contributed by atoms with Gasteiger partial charge in [-0.1, -0.05) is 12.8 Å². The molecular formula is C15H22N2OS. The van der Waals surface area contributed by atoms with Crippen molar-refractivity contribution >= 4 is 17.2 Å². The Bertz CT molecular complexity index is 443. The van der Waals surface area contributed by atoms with Gasteiger partial charge in [0, 0.05) is 15.8 Å². The summed E-state index contributed by atoms with van der Waals surface area (Å²) in [7, 11) is 0. The number of fused-ring (bicyclic) bond motifs is 1. The van der Waals surface area contributed by atoms with E-state index in [1.807, 2.05) is 0 Å². The van der Waals surface area contributed by atoms with Crippen molar-refractivity contribution in [3.63, 3.8) is 0 Å². The van der Waals surface area contributed by atoms with Crippen LogP contribution in [0.5, 0.6) is 0 Å². The Morgan fingerprint density at radius 2 is 2.26 bits per heavy atom. The molecule has 1 aliphatic carbocycles. The monoisotopic (exact) mass is 278 g/mol. The second-order valence-corrected chi connectivity index (χ2v) is 7.21. The van der Waals surface area contributed by atoms with E-state index in [-0.39, 0.29) is 11.9 Å². The second-order valence-electron chi connectivity index (χ2n) is 5.84. The molecule has 1 amide bonds. The maximum Gasteiger partial charge on any atom is 0.237 e. The number of rotatable bonds is 3. The SMILES string of the molecule is Cc1ccc(CNC(=O)C2CC3CCCCC3N2)s1. The van der Waals surface area contributed by atoms with Gasteiger partial charge in [-0.25, -0.2) is 0 Å². The number of nitrogens with one attached hydrogen (secondary N) is 2. The van der Waals surface area contributed by atoms with Gasteiger partial charge in [-0.15, -0.1) is 11.3 Å². The van der Waals surface area contributed by atoms with Gasteiger partial charge >= 0.3 is 0 Å². The van der Waals surface area contributed by atoms with Crippen LogP contribution in [0.25, 0.3) is 0 Å². The lowest BCUT2D eigenvalue weighted by molar-refractivity contribution is -0.123. The van der Waals surface area contributed by atoms with Gasteiger partial charge in [-0.3, -0.25) is 4.79 Å². The van der Waals surface area contributed by atoms with Gasteiger partial charge in [-0.2, -0.15) is 0 Å². The van der Waals surface area contributed by atoms with Crippen molar-refractivity contribution in [3.8, 4) is 0 Å². The zero-order chi connectivity index (χ0) is 13.2. The van der Waals surface area contributed by atoms with Crippen molar-refractivity contribution in [1.82, 2.24) is 10.6 Å². The van der Waals surface area contributed by atoms with Gasteiger partial charge in [0.1, 0.15) is 0 Å². The van der Waals surface area contributed by atoms with Crippen LogP contribution in [0.3, 0.4) is 0 Å². The zero-order valence-electron chi connectivity index (χ0n) is 11.4. The lowest BCUT2D eigenvalue weighted by atomic mass is 9.85. The molecule has 1 saturated heterocycles. The number of aryl methyl sites for hydroxylation is 1. The maximum absolute atomic E-state index is 12.2. The zero-order valence-corrected chi connectivity index (χ0v) is 12.3. The van der Waals surface area contributed by atoms with Crippen molar-refractivity contribution < 1.29 is 4.79 Å². The molecule has 3 atom stereocenters. The summed E-state index contributed by atoms with van der Waals surface area (Å²) in [4.78, 5) is 14.7. The van der Waals surface area contributed by atoms with Crippen molar-refractivity contribution in [1.29, 1.82) is 0 Å². The molecule has 0 radical (unpaired) electrons. The third-order valence-electron chi connectivity index (χ3n) is 4.41. The van der Waals surface area contributed by atoms with Gasteiger partial charge in [-0.05, 0) is 44.2 Å². The van der Waals surface area contributed by atoms with Gasteiger partial charge in [0.15, 0.2) is 0 Å². The average molecular weight is 278 g/mol. The fourth-order valence-corrected chi connectivity index (χ4v) is 4.23. The third kappa shape index (κ3) is 3.00. The molecule has 1 aromatic rings. The Morgan fingerprint density at radius 1 is 1.42 bits per heavy atom. The van der Waals surface area contributed by atoms with Crippen LogP contribution in [0.15, 0.2) is 12.1 Å². The maximum atomic E-state index is 12.2. The largest absolute Gasteiger partial charge is 0.350 e. The molecular weight excluding hydrogens is 256 g/mol. The molecule has 1 saturated carbocycles. The minimum Gasteiger partial charge on any atom is -0.350 e. The van der Waals surface area contributed by atoms with Crippen LogP contribution in [0.4, 0.5) is 0 Å². The van der Waals surface area contributed by atoms with Crippen LogP contribution in [0, 0.1) is 12.8 Å². The average Bonchev–Trinajstić information content (AvgIpc) is 3.01. The first kappa shape index (κ1) is 13.1. The number of amides is 1. The number of hydrogen-bond acceptors (Lipinski definition) is 3. The molecule has 2 fully saturated rings. The minimum atomic E-state index is 0.0363. The molecule has 3 unspecified atom stereocenters. The molecule has 104 valence electrons. The quantitative estimate of drug-likeness (QED) is 0.892. The fraction of sp³-hybridized carbons (Fsp3) is 0.667. The smallest absolute Gasteiger partial charge is 0.237 e. The van der Waals surface area contributed by atoms with E-state index in [4.69, 9.17) is 0 Å². The molecule has 3 nitrogen and oxygen atoms in total. The highest BCUT2D eigenvalue weighted by Gasteiger charge is 2.37. The molecule has 2 aliphatic rings. The Kier molecular flexibility index (Phi) is 3.89. The summed E-state index contributed by atoms with van der Waals surface area (Å²) in [6.45, 7) is 2.77. The topological polar surface area (TPSA) is 41.1 Å². The molecule has 1 aromatic heterocycles. The van der Waals surface area contributed by atoms with Crippen LogP contribution in [0.2, 0.25) is 0 Å². The first-order chi connectivity index (χ1) is 9.22. The highest BCUT2D eigenvalue weighted by Crippen LogP contribution is 2.33. The molecule has 0 spiro atoms. The van der Waals surface area contributed by atoms with Crippen molar-refractivity contribution in [2.45, 2.75) is 57.7 Å². The van der Waals surface area contributed by atoms with Crippen LogP contribution < -0.4 is 10.6 Å². The third-order valence-corrected chi connectivity index (χ3v) is 5.41. The number of carbonyl (C=O) groups excluding carboxylic acids is 1. The van der Waals surface area contributed by atoms with E-state index in [9.17, 15) is 4.79 Å². The number of hydrogen-bond donors (Lipinski definition) is 2. The molecule has 2 N–H and O–H groups in total. The summed E-state index contributed by atoms with van der Waals surface area (Å²) in [6.07, 6.45) is 6.23. The molecule has 2 heterocycles. The van der Waals surface area contributed by atoms with Crippen molar-refractivity contribution in [3.05, 3.63) is 21.9 Å². The molecule has 0 bridgehead atoms. The van der Waals surface area contributed by atoms with E-state index in [1.54, 1.807) is 11.3 Å². The fourth-order valence-electron chi connectivity index (χ4n) is 3.40. The van der Waals surface area contributed by atoms with Gasteiger partial charge in [0.05, 0.1) is 12.6 Å². The standard InChI is InChI=1S/C15H22N2OS/c1-10-6-7-12(19-10)9-16-15(18)14-8-11-4-2-3-5-13(11)17-14/h6-7,11,13-14,17H,2-5,8-9H2,1H3,(H,16,18). The highest BCUT2D eigenvalue weighted by atomic mass is 32.1. The Balaban J connectivity index is 1.51. The number of thiophene rings is 1.